The molecule has 3 aromatic rings. The first kappa shape index (κ1) is 17.0. The van der Waals surface area contributed by atoms with Crippen molar-refractivity contribution >= 4 is 39.9 Å². The predicted molar refractivity (Wildman–Crippen MR) is 101 cm³/mol. The van der Waals surface area contributed by atoms with Gasteiger partial charge in [-0.05, 0) is 23.6 Å². The molecule has 3 rings (SSSR count). The molecule has 3 aromatic carbocycles. The summed E-state index contributed by atoms with van der Waals surface area (Å²) in [5.74, 6) is -0.445. The maximum Gasteiger partial charge on any atom is 0.252 e. The molecular formula is C20H17ClN2O2. The first-order valence-electron chi connectivity index (χ1n) is 7.95. The molecule has 0 saturated heterocycles. The number of fused-ring (bicyclic) bond motifs is 1. The van der Waals surface area contributed by atoms with Gasteiger partial charge in [-0.3, -0.25) is 9.59 Å². The SMILES string of the molecule is O=C(CCNC(=O)c1ccccc1Cl)Nc1cccc2ccccc12. The van der Waals surface area contributed by atoms with E-state index in [4.69, 9.17) is 11.6 Å². The summed E-state index contributed by atoms with van der Waals surface area (Å²) in [4.78, 5) is 24.2. The van der Waals surface area contributed by atoms with Gasteiger partial charge in [0.05, 0.1) is 10.6 Å². The zero-order valence-electron chi connectivity index (χ0n) is 13.5. The van der Waals surface area contributed by atoms with E-state index in [9.17, 15) is 9.59 Å². The van der Waals surface area contributed by atoms with Crippen LogP contribution in [0.15, 0.2) is 66.7 Å². The van der Waals surface area contributed by atoms with Gasteiger partial charge in [0, 0.05) is 24.0 Å². The Balaban J connectivity index is 1.56. The van der Waals surface area contributed by atoms with Crippen molar-refractivity contribution in [2.24, 2.45) is 0 Å². The van der Waals surface area contributed by atoms with E-state index in [0.717, 1.165) is 16.5 Å². The Labute approximate surface area is 150 Å². The van der Waals surface area contributed by atoms with E-state index in [1.807, 2.05) is 42.5 Å². The van der Waals surface area contributed by atoms with Gasteiger partial charge in [-0.25, -0.2) is 0 Å². The van der Waals surface area contributed by atoms with Crippen molar-refractivity contribution in [2.75, 3.05) is 11.9 Å². The minimum atomic E-state index is -0.288. The molecular weight excluding hydrogens is 336 g/mol. The lowest BCUT2D eigenvalue weighted by Gasteiger charge is -2.10. The second-order valence-electron chi connectivity index (χ2n) is 5.56. The number of rotatable bonds is 5. The first-order chi connectivity index (χ1) is 12.1. The molecule has 0 radical (unpaired) electrons. The van der Waals surface area contributed by atoms with Crippen LogP contribution in [0.4, 0.5) is 5.69 Å². The molecule has 5 heteroatoms. The summed E-state index contributed by atoms with van der Waals surface area (Å²) in [5.41, 5.74) is 1.17. The third-order valence-electron chi connectivity index (χ3n) is 3.82. The van der Waals surface area contributed by atoms with Crippen LogP contribution >= 0.6 is 11.6 Å². The fourth-order valence-corrected chi connectivity index (χ4v) is 2.80. The molecule has 2 N–H and O–H groups in total. The van der Waals surface area contributed by atoms with Crippen molar-refractivity contribution in [3.8, 4) is 0 Å². The maximum absolute atomic E-state index is 12.2. The highest BCUT2D eigenvalue weighted by Crippen LogP contribution is 2.23. The van der Waals surface area contributed by atoms with Crippen LogP contribution in [0.25, 0.3) is 10.8 Å². The monoisotopic (exact) mass is 352 g/mol. The van der Waals surface area contributed by atoms with Crippen LogP contribution in [0.2, 0.25) is 5.02 Å². The molecule has 0 aliphatic rings. The van der Waals surface area contributed by atoms with Gasteiger partial charge in [0.1, 0.15) is 0 Å². The molecule has 0 aromatic heterocycles. The fraction of sp³-hybridized carbons (Fsp3) is 0.100. The molecule has 0 aliphatic heterocycles. The summed E-state index contributed by atoms with van der Waals surface area (Å²) in [7, 11) is 0. The molecule has 0 bridgehead atoms. The van der Waals surface area contributed by atoms with Crippen LogP contribution in [-0.2, 0) is 4.79 Å². The van der Waals surface area contributed by atoms with E-state index < -0.39 is 0 Å². The van der Waals surface area contributed by atoms with Crippen LogP contribution in [0.5, 0.6) is 0 Å². The number of hydrogen-bond donors (Lipinski definition) is 2. The minimum Gasteiger partial charge on any atom is -0.351 e. The fourth-order valence-electron chi connectivity index (χ4n) is 2.58. The van der Waals surface area contributed by atoms with Crippen LogP contribution in [0.3, 0.4) is 0 Å². The summed E-state index contributed by atoms with van der Waals surface area (Å²) < 4.78 is 0. The summed E-state index contributed by atoms with van der Waals surface area (Å²) in [6.45, 7) is 0.237. The lowest BCUT2D eigenvalue weighted by atomic mass is 10.1. The molecule has 25 heavy (non-hydrogen) atoms. The standard InChI is InChI=1S/C20H17ClN2O2/c21-17-10-4-3-9-16(17)20(25)22-13-12-19(24)23-18-11-5-7-14-6-1-2-8-15(14)18/h1-11H,12-13H2,(H,22,25)(H,23,24). The second kappa shape index (κ2) is 7.81. The number of anilines is 1. The molecule has 0 unspecified atom stereocenters. The van der Waals surface area contributed by atoms with Gasteiger partial charge in [-0.1, -0.05) is 60.1 Å². The van der Waals surface area contributed by atoms with E-state index in [1.165, 1.54) is 0 Å². The van der Waals surface area contributed by atoms with Crippen LogP contribution in [-0.4, -0.2) is 18.4 Å². The van der Waals surface area contributed by atoms with Crippen molar-refractivity contribution in [2.45, 2.75) is 6.42 Å². The normalized spacial score (nSPS) is 10.4. The zero-order valence-corrected chi connectivity index (χ0v) is 14.2. The van der Waals surface area contributed by atoms with Crippen LogP contribution < -0.4 is 10.6 Å². The van der Waals surface area contributed by atoms with Gasteiger partial charge < -0.3 is 10.6 Å². The van der Waals surface area contributed by atoms with Gasteiger partial charge in [-0.2, -0.15) is 0 Å². The van der Waals surface area contributed by atoms with E-state index in [-0.39, 0.29) is 24.8 Å². The number of carbonyl (C=O) groups excluding carboxylic acids is 2. The number of carbonyl (C=O) groups is 2. The zero-order chi connectivity index (χ0) is 17.6. The number of hydrogen-bond acceptors (Lipinski definition) is 2. The molecule has 0 heterocycles. The van der Waals surface area contributed by atoms with Gasteiger partial charge in [-0.15, -0.1) is 0 Å². The Morgan fingerprint density at radius 3 is 2.44 bits per heavy atom. The molecule has 2 amide bonds. The van der Waals surface area contributed by atoms with Crippen LogP contribution in [0.1, 0.15) is 16.8 Å². The number of halogens is 1. The quantitative estimate of drug-likeness (QED) is 0.721. The molecule has 126 valence electrons. The van der Waals surface area contributed by atoms with Gasteiger partial charge in [0.25, 0.3) is 5.91 Å². The van der Waals surface area contributed by atoms with E-state index in [1.54, 1.807) is 24.3 Å². The predicted octanol–water partition coefficient (Wildman–Crippen LogP) is 4.25. The van der Waals surface area contributed by atoms with Crippen molar-refractivity contribution < 1.29 is 9.59 Å². The second-order valence-corrected chi connectivity index (χ2v) is 5.97. The summed E-state index contributed by atoms with van der Waals surface area (Å²) >= 11 is 5.98. The largest absolute Gasteiger partial charge is 0.351 e. The summed E-state index contributed by atoms with van der Waals surface area (Å²) in [6.07, 6.45) is 0.180. The third kappa shape index (κ3) is 4.17. The Bertz CT molecular complexity index is 919. The van der Waals surface area contributed by atoms with Crippen molar-refractivity contribution in [3.63, 3.8) is 0 Å². The molecule has 0 aliphatic carbocycles. The average Bonchev–Trinajstić information content (AvgIpc) is 2.62. The Morgan fingerprint density at radius 1 is 0.880 bits per heavy atom. The highest BCUT2D eigenvalue weighted by atomic mass is 35.5. The first-order valence-corrected chi connectivity index (χ1v) is 8.33. The van der Waals surface area contributed by atoms with Gasteiger partial charge in [0.15, 0.2) is 0 Å². The maximum atomic E-state index is 12.2. The summed E-state index contributed by atoms with van der Waals surface area (Å²) in [5, 5.41) is 8.04. The minimum absolute atomic E-state index is 0.157. The Kier molecular flexibility index (Phi) is 5.31. The molecule has 0 saturated carbocycles. The molecule has 0 atom stereocenters. The van der Waals surface area contributed by atoms with Crippen molar-refractivity contribution in [1.82, 2.24) is 5.32 Å². The van der Waals surface area contributed by atoms with E-state index >= 15 is 0 Å². The molecule has 0 fully saturated rings. The van der Waals surface area contributed by atoms with Crippen molar-refractivity contribution in [3.05, 3.63) is 77.3 Å². The van der Waals surface area contributed by atoms with Gasteiger partial charge in [0.2, 0.25) is 5.91 Å². The Hall–Kier alpha value is -2.85. The number of amides is 2. The number of benzene rings is 3. The van der Waals surface area contributed by atoms with E-state index in [0.29, 0.717) is 10.6 Å². The summed E-state index contributed by atoms with van der Waals surface area (Å²) in [6, 6.07) is 20.4. The number of nitrogens with one attached hydrogen (secondary N) is 2. The highest BCUT2D eigenvalue weighted by molar-refractivity contribution is 6.33. The Morgan fingerprint density at radius 2 is 1.60 bits per heavy atom. The van der Waals surface area contributed by atoms with Crippen LogP contribution in [0, 0.1) is 0 Å². The molecule has 0 spiro atoms. The topological polar surface area (TPSA) is 58.2 Å². The molecule has 4 nitrogen and oxygen atoms in total. The van der Waals surface area contributed by atoms with Gasteiger partial charge >= 0.3 is 0 Å². The van der Waals surface area contributed by atoms with E-state index in [2.05, 4.69) is 10.6 Å². The smallest absolute Gasteiger partial charge is 0.252 e. The van der Waals surface area contributed by atoms with Crippen molar-refractivity contribution in [1.29, 1.82) is 0 Å². The lowest BCUT2D eigenvalue weighted by molar-refractivity contribution is -0.116. The third-order valence-corrected chi connectivity index (χ3v) is 4.15. The highest BCUT2D eigenvalue weighted by Gasteiger charge is 2.10. The lowest BCUT2D eigenvalue weighted by Crippen LogP contribution is -2.27. The average molecular weight is 353 g/mol.